The van der Waals surface area contributed by atoms with E-state index in [9.17, 15) is 4.21 Å². The van der Waals surface area contributed by atoms with Crippen LogP contribution in [0, 0.1) is 0 Å². The van der Waals surface area contributed by atoms with Crippen molar-refractivity contribution in [2.24, 2.45) is 0 Å². The Balaban J connectivity index is 2.45. The van der Waals surface area contributed by atoms with E-state index in [-0.39, 0.29) is 0 Å². The van der Waals surface area contributed by atoms with Crippen molar-refractivity contribution in [3.8, 4) is 0 Å². The fourth-order valence-corrected chi connectivity index (χ4v) is 1.63. The van der Waals surface area contributed by atoms with Gasteiger partial charge in [-0.3, -0.25) is 9.19 Å². The first-order chi connectivity index (χ1) is 6.20. The standard InChI is InChI=1S/C8H11BrN2OS/c1-13(12)5-4-11-8-2-3-10-6-7(8)9/h2-3,6H,4-5H2,1H3,(H,10,11). The van der Waals surface area contributed by atoms with Crippen LogP contribution in [-0.2, 0) is 10.8 Å². The highest BCUT2D eigenvalue weighted by Crippen LogP contribution is 2.19. The first-order valence-electron chi connectivity index (χ1n) is 3.83. The Bertz CT molecular complexity index is 306. The summed E-state index contributed by atoms with van der Waals surface area (Å²) in [6.45, 7) is 0.714. The van der Waals surface area contributed by atoms with Crippen LogP contribution in [0.4, 0.5) is 5.69 Å². The zero-order valence-electron chi connectivity index (χ0n) is 7.29. The van der Waals surface area contributed by atoms with Crippen LogP contribution in [0.3, 0.4) is 0 Å². The molecular weight excluding hydrogens is 252 g/mol. The van der Waals surface area contributed by atoms with Gasteiger partial charge in [0.1, 0.15) is 0 Å². The van der Waals surface area contributed by atoms with E-state index in [0.717, 1.165) is 10.2 Å². The lowest BCUT2D eigenvalue weighted by Gasteiger charge is -2.05. The zero-order chi connectivity index (χ0) is 9.68. The predicted molar refractivity (Wildman–Crippen MR) is 59.4 cm³/mol. The van der Waals surface area contributed by atoms with Crippen LogP contribution in [0.15, 0.2) is 22.9 Å². The van der Waals surface area contributed by atoms with Gasteiger partial charge in [-0.2, -0.15) is 0 Å². The quantitative estimate of drug-likeness (QED) is 0.897. The van der Waals surface area contributed by atoms with Crippen molar-refractivity contribution in [1.29, 1.82) is 0 Å². The van der Waals surface area contributed by atoms with E-state index in [1.165, 1.54) is 0 Å². The second-order valence-corrected chi connectivity index (χ2v) is 4.97. The molecule has 0 fully saturated rings. The third-order valence-corrected chi connectivity index (χ3v) is 2.89. The normalized spacial score (nSPS) is 12.5. The van der Waals surface area contributed by atoms with Crippen LogP contribution in [0.25, 0.3) is 0 Å². The number of nitrogens with one attached hydrogen (secondary N) is 1. The first-order valence-corrected chi connectivity index (χ1v) is 6.35. The van der Waals surface area contributed by atoms with Crippen molar-refractivity contribution in [2.75, 3.05) is 23.9 Å². The fraction of sp³-hybridized carbons (Fsp3) is 0.375. The van der Waals surface area contributed by atoms with Crippen LogP contribution < -0.4 is 5.32 Å². The van der Waals surface area contributed by atoms with Crippen LogP contribution >= 0.6 is 15.9 Å². The maximum atomic E-state index is 10.8. The molecule has 0 radical (unpaired) electrons. The molecule has 13 heavy (non-hydrogen) atoms. The lowest BCUT2D eigenvalue weighted by Crippen LogP contribution is -2.10. The second kappa shape index (κ2) is 5.34. The summed E-state index contributed by atoms with van der Waals surface area (Å²) in [5.41, 5.74) is 0.987. The van der Waals surface area contributed by atoms with Gasteiger partial charge in [0.25, 0.3) is 0 Å². The lowest BCUT2D eigenvalue weighted by atomic mass is 10.4. The molecule has 0 saturated carbocycles. The summed E-state index contributed by atoms with van der Waals surface area (Å²) in [6.07, 6.45) is 5.14. The molecule has 0 aromatic carbocycles. The molecule has 0 amide bonds. The highest BCUT2D eigenvalue weighted by molar-refractivity contribution is 9.10. The predicted octanol–water partition coefficient (Wildman–Crippen LogP) is 1.63. The Morgan fingerprint density at radius 2 is 2.46 bits per heavy atom. The summed E-state index contributed by atoms with van der Waals surface area (Å²) in [6, 6.07) is 1.88. The molecule has 1 heterocycles. The lowest BCUT2D eigenvalue weighted by molar-refractivity contribution is 0.687. The zero-order valence-corrected chi connectivity index (χ0v) is 9.69. The van der Waals surface area contributed by atoms with E-state index in [1.807, 2.05) is 6.07 Å². The van der Waals surface area contributed by atoms with Crippen molar-refractivity contribution in [3.63, 3.8) is 0 Å². The summed E-state index contributed by atoms with van der Waals surface area (Å²) in [5, 5.41) is 3.16. The topological polar surface area (TPSA) is 42.0 Å². The number of pyridine rings is 1. The summed E-state index contributed by atoms with van der Waals surface area (Å²) in [4.78, 5) is 3.94. The van der Waals surface area contributed by atoms with Gasteiger partial charge in [-0.25, -0.2) is 0 Å². The smallest absolute Gasteiger partial charge is 0.0590 e. The molecular formula is C8H11BrN2OS. The Hall–Kier alpha value is -0.420. The minimum Gasteiger partial charge on any atom is -0.383 e. The second-order valence-electron chi connectivity index (χ2n) is 2.56. The fourth-order valence-electron chi connectivity index (χ4n) is 0.848. The molecule has 5 heteroatoms. The van der Waals surface area contributed by atoms with Gasteiger partial charge >= 0.3 is 0 Å². The number of anilines is 1. The molecule has 0 aliphatic rings. The molecule has 3 nitrogen and oxygen atoms in total. The monoisotopic (exact) mass is 262 g/mol. The van der Waals surface area contributed by atoms with Crippen LogP contribution in [0.1, 0.15) is 0 Å². The van der Waals surface area contributed by atoms with Crippen LogP contribution in [-0.4, -0.2) is 27.7 Å². The number of halogens is 1. The number of aromatic nitrogens is 1. The van der Waals surface area contributed by atoms with E-state index in [4.69, 9.17) is 0 Å². The molecule has 1 atom stereocenters. The summed E-state index contributed by atoms with van der Waals surface area (Å²) in [5.74, 6) is 0.661. The van der Waals surface area contributed by atoms with E-state index < -0.39 is 10.8 Å². The van der Waals surface area contributed by atoms with Gasteiger partial charge in [-0.15, -0.1) is 0 Å². The molecule has 0 spiro atoms. The van der Waals surface area contributed by atoms with Crippen LogP contribution in [0.5, 0.6) is 0 Å². The molecule has 0 aliphatic heterocycles. The third kappa shape index (κ3) is 3.87. The van der Waals surface area contributed by atoms with Crippen molar-refractivity contribution in [1.82, 2.24) is 4.98 Å². The maximum Gasteiger partial charge on any atom is 0.0590 e. The number of hydrogen-bond donors (Lipinski definition) is 1. The van der Waals surface area contributed by atoms with Gasteiger partial charge in [0, 0.05) is 41.7 Å². The molecule has 0 saturated heterocycles. The van der Waals surface area contributed by atoms with E-state index in [2.05, 4.69) is 26.2 Å². The molecule has 1 aromatic rings. The molecule has 72 valence electrons. The Morgan fingerprint density at radius 3 is 3.08 bits per heavy atom. The van der Waals surface area contributed by atoms with Crippen molar-refractivity contribution in [3.05, 3.63) is 22.9 Å². The molecule has 1 aromatic heterocycles. The summed E-state index contributed by atoms with van der Waals surface area (Å²) < 4.78 is 11.7. The third-order valence-electron chi connectivity index (χ3n) is 1.48. The molecule has 0 bridgehead atoms. The SMILES string of the molecule is CS(=O)CCNc1ccncc1Br. The average Bonchev–Trinajstić information content (AvgIpc) is 2.08. The minimum atomic E-state index is -0.739. The summed E-state index contributed by atoms with van der Waals surface area (Å²) >= 11 is 3.36. The van der Waals surface area contributed by atoms with Gasteiger partial charge in [0.15, 0.2) is 0 Å². The number of rotatable bonds is 4. The van der Waals surface area contributed by atoms with Crippen molar-refractivity contribution < 1.29 is 4.21 Å². The average molecular weight is 263 g/mol. The Kier molecular flexibility index (Phi) is 4.38. The van der Waals surface area contributed by atoms with E-state index >= 15 is 0 Å². The Morgan fingerprint density at radius 1 is 1.69 bits per heavy atom. The van der Waals surface area contributed by atoms with Gasteiger partial charge in [-0.1, -0.05) is 0 Å². The van der Waals surface area contributed by atoms with Gasteiger partial charge < -0.3 is 5.32 Å². The Labute approximate surface area is 88.5 Å². The molecule has 1 unspecified atom stereocenters. The molecule has 0 aliphatic carbocycles. The summed E-state index contributed by atoms with van der Waals surface area (Å²) in [7, 11) is -0.739. The van der Waals surface area contributed by atoms with Gasteiger partial charge in [0.2, 0.25) is 0 Å². The highest BCUT2D eigenvalue weighted by Gasteiger charge is 1.97. The van der Waals surface area contributed by atoms with Gasteiger partial charge in [-0.05, 0) is 22.0 Å². The number of hydrogen-bond acceptors (Lipinski definition) is 3. The highest BCUT2D eigenvalue weighted by atomic mass is 79.9. The van der Waals surface area contributed by atoms with Crippen molar-refractivity contribution >= 4 is 32.4 Å². The minimum absolute atomic E-state index is 0.661. The van der Waals surface area contributed by atoms with E-state index in [1.54, 1.807) is 18.6 Å². The van der Waals surface area contributed by atoms with Gasteiger partial charge in [0.05, 0.1) is 10.2 Å². The maximum absolute atomic E-state index is 10.8. The molecule has 1 rings (SSSR count). The molecule has 1 N–H and O–H groups in total. The first kappa shape index (κ1) is 10.7. The van der Waals surface area contributed by atoms with Crippen LogP contribution in [0.2, 0.25) is 0 Å². The largest absolute Gasteiger partial charge is 0.383 e. The van der Waals surface area contributed by atoms with Crippen molar-refractivity contribution in [2.45, 2.75) is 0 Å². The number of nitrogens with zero attached hydrogens (tertiary/aromatic N) is 1. The van der Waals surface area contributed by atoms with E-state index in [0.29, 0.717) is 12.3 Å².